The Balaban J connectivity index is 2.13. The number of nitrogens with one attached hydrogen (secondary N) is 1. The zero-order chi connectivity index (χ0) is 8.10. The molecule has 0 aromatic carbocycles. The second kappa shape index (κ2) is 4.73. The van der Waals surface area contributed by atoms with Gasteiger partial charge in [-0.25, -0.2) is 0 Å². The van der Waals surface area contributed by atoms with Gasteiger partial charge in [0.2, 0.25) is 0 Å². The third kappa shape index (κ3) is 3.21. The Morgan fingerprint density at radius 1 is 1.27 bits per heavy atom. The lowest BCUT2D eigenvalue weighted by Crippen LogP contribution is -3.15. The van der Waals surface area contributed by atoms with Crippen LogP contribution in [0.15, 0.2) is 0 Å². The molecule has 0 spiro atoms. The Bertz CT molecular complexity index is 97.7. The molecule has 0 bridgehead atoms. The Hall–Kier alpha value is -0.0800. The topological polar surface area (TPSA) is 32.1 Å². The normalized spacial score (nSPS) is 23.5. The van der Waals surface area contributed by atoms with Crippen molar-refractivity contribution in [3.63, 3.8) is 0 Å². The average Bonchev–Trinajstić information content (AvgIpc) is 2.06. The molecule has 4 N–H and O–H groups in total. The van der Waals surface area contributed by atoms with Crippen LogP contribution in [-0.2, 0) is 0 Å². The molecule has 0 unspecified atom stereocenters. The Morgan fingerprint density at radius 3 is 2.45 bits per heavy atom. The summed E-state index contributed by atoms with van der Waals surface area (Å²) in [5, 5.41) is 0. The van der Waals surface area contributed by atoms with Crippen molar-refractivity contribution in [2.45, 2.75) is 38.6 Å². The number of piperidine rings is 1. The van der Waals surface area contributed by atoms with E-state index in [0.717, 1.165) is 0 Å². The SMILES string of the molecule is CC[C@H]([NH3+])C[NH+]1CCCCC1. The van der Waals surface area contributed by atoms with Gasteiger partial charge in [0.1, 0.15) is 12.6 Å². The van der Waals surface area contributed by atoms with Crippen molar-refractivity contribution in [1.82, 2.24) is 0 Å². The number of rotatable bonds is 3. The van der Waals surface area contributed by atoms with E-state index in [9.17, 15) is 0 Å². The molecule has 0 amide bonds. The van der Waals surface area contributed by atoms with Crippen LogP contribution in [0.4, 0.5) is 0 Å². The standard InChI is InChI=1S/C9H20N2/c1-2-9(10)8-11-6-4-3-5-7-11/h9H,2-8,10H2,1H3/p+2/t9-/m0/s1. The molecule has 1 saturated heterocycles. The fourth-order valence-electron chi connectivity index (χ4n) is 1.81. The Kier molecular flexibility index (Phi) is 3.87. The summed E-state index contributed by atoms with van der Waals surface area (Å²) in [6.45, 7) is 6.33. The molecule has 2 heteroatoms. The molecule has 0 aliphatic carbocycles. The van der Waals surface area contributed by atoms with Crippen molar-refractivity contribution >= 4 is 0 Å². The molecule has 1 heterocycles. The molecule has 0 aromatic heterocycles. The molecule has 1 rings (SSSR count). The van der Waals surface area contributed by atoms with Crippen molar-refractivity contribution in [1.29, 1.82) is 0 Å². The first kappa shape index (κ1) is 9.01. The largest absolute Gasteiger partial charge is 0.350 e. The molecular formula is C9H22N2+2. The third-order valence-electron chi connectivity index (χ3n) is 2.72. The monoisotopic (exact) mass is 158 g/mol. The van der Waals surface area contributed by atoms with Gasteiger partial charge in [0, 0.05) is 6.42 Å². The van der Waals surface area contributed by atoms with Crippen LogP contribution >= 0.6 is 0 Å². The van der Waals surface area contributed by atoms with Gasteiger partial charge in [-0.1, -0.05) is 6.92 Å². The minimum absolute atomic E-state index is 0.683. The van der Waals surface area contributed by atoms with E-state index in [0.29, 0.717) is 6.04 Å². The minimum Gasteiger partial charge on any atom is -0.350 e. The quantitative estimate of drug-likeness (QED) is 0.532. The summed E-state index contributed by atoms with van der Waals surface area (Å²) < 4.78 is 0. The van der Waals surface area contributed by atoms with E-state index in [2.05, 4.69) is 12.7 Å². The number of hydrogen-bond donors (Lipinski definition) is 2. The lowest BCUT2D eigenvalue weighted by atomic mass is 10.1. The Morgan fingerprint density at radius 2 is 1.91 bits per heavy atom. The number of quaternary nitrogens is 2. The highest BCUT2D eigenvalue weighted by molar-refractivity contribution is 4.50. The van der Waals surface area contributed by atoms with Gasteiger partial charge in [-0.2, -0.15) is 0 Å². The molecule has 1 fully saturated rings. The zero-order valence-electron chi connectivity index (χ0n) is 7.73. The van der Waals surface area contributed by atoms with Crippen molar-refractivity contribution < 1.29 is 10.6 Å². The van der Waals surface area contributed by atoms with Crippen molar-refractivity contribution in [3.8, 4) is 0 Å². The van der Waals surface area contributed by atoms with E-state index in [4.69, 9.17) is 0 Å². The van der Waals surface area contributed by atoms with Gasteiger partial charge >= 0.3 is 0 Å². The van der Waals surface area contributed by atoms with Crippen molar-refractivity contribution in [3.05, 3.63) is 0 Å². The summed E-state index contributed by atoms with van der Waals surface area (Å²) in [6.07, 6.45) is 5.57. The van der Waals surface area contributed by atoms with Gasteiger partial charge < -0.3 is 10.6 Å². The van der Waals surface area contributed by atoms with Crippen LogP contribution in [0.3, 0.4) is 0 Å². The first-order valence-corrected chi connectivity index (χ1v) is 4.99. The highest BCUT2D eigenvalue weighted by Crippen LogP contribution is 1.94. The van der Waals surface area contributed by atoms with Crippen LogP contribution in [0.25, 0.3) is 0 Å². The lowest BCUT2D eigenvalue weighted by molar-refractivity contribution is -0.914. The molecule has 0 saturated carbocycles. The zero-order valence-corrected chi connectivity index (χ0v) is 7.73. The average molecular weight is 158 g/mol. The van der Waals surface area contributed by atoms with E-state index in [1.54, 1.807) is 4.90 Å². The molecule has 11 heavy (non-hydrogen) atoms. The summed E-state index contributed by atoms with van der Waals surface area (Å²) in [5.74, 6) is 0. The van der Waals surface area contributed by atoms with Crippen LogP contribution in [0.1, 0.15) is 32.6 Å². The summed E-state index contributed by atoms with van der Waals surface area (Å²) >= 11 is 0. The lowest BCUT2D eigenvalue weighted by Gasteiger charge is -2.24. The maximum atomic E-state index is 4.13. The van der Waals surface area contributed by atoms with Crippen LogP contribution in [0.5, 0.6) is 0 Å². The highest BCUT2D eigenvalue weighted by Gasteiger charge is 2.17. The van der Waals surface area contributed by atoms with E-state index < -0.39 is 0 Å². The van der Waals surface area contributed by atoms with Gasteiger partial charge in [-0.15, -0.1) is 0 Å². The minimum atomic E-state index is 0.683. The second-order valence-electron chi connectivity index (χ2n) is 3.79. The van der Waals surface area contributed by atoms with Crippen molar-refractivity contribution in [2.75, 3.05) is 19.6 Å². The van der Waals surface area contributed by atoms with Gasteiger partial charge in [-0.05, 0) is 19.3 Å². The molecule has 0 aromatic rings. The molecular weight excluding hydrogens is 136 g/mol. The molecule has 66 valence electrons. The molecule has 0 radical (unpaired) electrons. The smallest absolute Gasteiger partial charge is 0.134 e. The van der Waals surface area contributed by atoms with E-state index >= 15 is 0 Å². The van der Waals surface area contributed by atoms with Crippen LogP contribution in [-0.4, -0.2) is 25.7 Å². The predicted octanol–water partition coefficient (Wildman–Crippen LogP) is -0.924. The second-order valence-corrected chi connectivity index (χ2v) is 3.79. The third-order valence-corrected chi connectivity index (χ3v) is 2.72. The first-order valence-electron chi connectivity index (χ1n) is 4.99. The molecule has 1 aliphatic rings. The maximum absolute atomic E-state index is 4.13. The fraction of sp³-hybridized carbons (Fsp3) is 1.00. The first-order chi connectivity index (χ1) is 5.33. The van der Waals surface area contributed by atoms with Crippen LogP contribution in [0.2, 0.25) is 0 Å². The number of likely N-dealkylation sites (tertiary alicyclic amines) is 1. The van der Waals surface area contributed by atoms with E-state index in [-0.39, 0.29) is 0 Å². The van der Waals surface area contributed by atoms with Crippen LogP contribution in [0, 0.1) is 0 Å². The van der Waals surface area contributed by atoms with Crippen molar-refractivity contribution in [2.24, 2.45) is 0 Å². The van der Waals surface area contributed by atoms with E-state index in [1.165, 1.54) is 45.3 Å². The predicted molar refractivity (Wildman–Crippen MR) is 46.4 cm³/mol. The van der Waals surface area contributed by atoms with Gasteiger partial charge in [0.15, 0.2) is 0 Å². The van der Waals surface area contributed by atoms with Gasteiger partial charge in [0.25, 0.3) is 0 Å². The summed E-state index contributed by atoms with van der Waals surface area (Å²) in [6, 6.07) is 0.683. The summed E-state index contributed by atoms with van der Waals surface area (Å²) in [7, 11) is 0. The van der Waals surface area contributed by atoms with Crippen LogP contribution < -0.4 is 10.6 Å². The summed E-state index contributed by atoms with van der Waals surface area (Å²) in [4.78, 5) is 1.79. The molecule has 2 nitrogen and oxygen atoms in total. The highest BCUT2D eigenvalue weighted by atomic mass is 15.1. The van der Waals surface area contributed by atoms with Gasteiger partial charge in [0.05, 0.1) is 13.1 Å². The maximum Gasteiger partial charge on any atom is 0.134 e. The van der Waals surface area contributed by atoms with E-state index in [1.807, 2.05) is 0 Å². The summed E-state index contributed by atoms with van der Waals surface area (Å²) in [5.41, 5.74) is 4.13. The molecule has 1 aliphatic heterocycles. The number of hydrogen-bond acceptors (Lipinski definition) is 0. The van der Waals surface area contributed by atoms with Gasteiger partial charge in [-0.3, -0.25) is 0 Å². The Labute approximate surface area is 69.8 Å². The fourth-order valence-corrected chi connectivity index (χ4v) is 1.81. The molecule has 1 atom stereocenters.